The van der Waals surface area contributed by atoms with Crippen LogP contribution in [0.5, 0.6) is 0 Å². The summed E-state index contributed by atoms with van der Waals surface area (Å²) in [4.78, 5) is 16.0. The van der Waals surface area contributed by atoms with Gasteiger partial charge in [0.05, 0.1) is 0 Å². The number of thiophene rings is 1. The summed E-state index contributed by atoms with van der Waals surface area (Å²) in [5.41, 5.74) is 7.45. The average Bonchev–Trinajstić information content (AvgIpc) is 3.59. The van der Waals surface area contributed by atoms with Crippen LogP contribution in [0.3, 0.4) is 0 Å². The molecule has 0 bridgehead atoms. The first-order valence-electron chi connectivity index (χ1n) is 17.1. The lowest BCUT2D eigenvalue weighted by molar-refractivity contribution is 1.08. The number of rotatable bonds is 5. The van der Waals surface area contributed by atoms with Gasteiger partial charge in [-0.25, -0.2) is 15.0 Å². The Labute approximate surface area is 299 Å². The maximum atomic E-state index is 5.36. The molecule has 10 rings (SSSR count). The molecule has 0 unspecified atom stereocenters. The van der Waals surface area contributed by atoms with Crippen LogP contribution in [-0.2, 0) is 0 Å². The second-order valence-corrected chi connectivity index (χ2v) is 13.8. The monoisotopic (exact) mass is 667 g/mol. The van der Waals surface area contributed by atoms with E-state index < -0.39 is 0 Å². The van der Waals surface area contributed by atoms with Crippen LogP contribution in [-0.4, -0.2) is 15.0 Å². The molecule has 2 heterocycles. The molecule has 4 heteroatoms. The van der Waals surface area contributed by atoms with Crippen LogP contribution >= 0.6 is 11.3 Å². The molecular formula is C47H29N3S. The van der Waals surface area contributed by atoms with Crippen molar-refractivity contribution in [3.8, 4) is 56.4 Å². The van der Waals surface area contributed by atoms with Crippen LogP contribution in [0.15, 0.2) is 176 Å². The fourth-order valence-electron chi connectivity index (χ4n) is 7.33. The summed E-state index contributed by atoms with van der Waals surface area (Å²) in [7, 11) is 0. The second-order valence-electron chi connectivity index (χ2n) is 12.8. The maximum absolute atomic E-state index is 5.36. The highest BCUT2D eigenvalue weighted by molar-refractivity contribution is 7.26. The lowest BCUT2D eigenvalue weighted by atomic mass is 9.93. The van der Waals surface area contributed by atoms with Crippen molar-refractivity contribution in [3.05, 3.63) is 176 Å². The Morgan fingerprint density at radius 1 is 0.333 bits per heavy atom. The first-order valence-corrected chi connectivity index (χ1v) is 17.9. The van der Waals surface area contributed by atoms with E-state index in [2.05, 4.69) is 176 Å². The number of hydrogen-bond acceptors (Lipinski definition) is 4. The molecule has 0 amide bonds. The minimum Gasteiger partial charge on any atom is -0.208 e. The van der Waals surface area contributed by atoms with Crippen molar-refractivity contribution in [2.24, 2.45) is 0 Å². The quantitative estimate of drug-likeness (QED) is 0.183. The molecule has 0 N–H and O–H groups in total. The number of aromatic nitrogens is 3. The summed E-state index contributed by atoms with van der Waals surface area (Å²) in [6, 6.07) is 62.1. The summed E-state index contributed by atoms with van der Waals surface area (Å²) in [6.07, 6.45) is 0. The zero-order valence-electron chi connectivity index (χ0n) is 27.5. The van der Waals surface area contributed by atoms with E-state index in [1.807, 2.05) is 0 Å². The highest BCUT2D eigenvalue weighted by Crippen LogP contribution is 2.42. The number of hydrogen-bond donors (Lipinski definition) is 0. The van der Waals surface area contributed by atoms with Crippen molar-refractivity contribution in [2.45, 2.75) is 0 Å². The molecule has 2 aromatic heterocycles. The van der Waals surface area contributed by atoms with Gasteiger partial charge in [-0.15, -0.1) is 11.3 Å². The van der Waals surface area contributed by atoms with Gasteiger partial charge in [-0.1, -0.05) is 158 Å². The minimum absolute atomic E-state index is 0.641. The lowest BCUT2D eigenvalue weighted by Gasteiger charge is -2.15. The Hall–Kier alpha value is -6.49. The van der Waals surface area contributed by atoms with E-state index in [1.54, 1.807) is 11.3 Å². The summed E-state index contributed by atoms with van der Waals surface area (Å²) in [6.45, 7) is 0. The third kappa shape index (κ3) is 5.08. The molecule has 10 aromatic rings. The van der Waals surface area contributed by atoms with Crippen LogP contribution in [0.4, 0.5) is 0 Å². The Balaban J connectivity index is 1.26. The summed E-state index contributed by atoms with van der Waals surface area (Å²) >= 11 is 1.79. The summed E-state index contributed by atoms with van der Waals surface area (Å²) in [5.74, 6) is 1.95. The largest absolute Gasteiger partial charge is 0.208 e. The number of nitrogens with zero attached hydrogens (tertiary/aromatic N) is 3. The van der Waals surface area contributed by atoms with Gasteiger partial charge < -0.3 is 0 Å². The average molecular weight is 668 g/mol. The molecule has 0 spiro atoms. The smallest absolute Gasteiger partial charge is 0.165 e. The molecule has 0 radical (unpaired) electrons. The molecule has 3 nitrogen and oxygen atoms in total. The molecule has 0 aliphatic heterocycles. The Morgan fingerprint density at radius 3 is 1.80 bits per heavy atom. The van der Waals surface area contributed by atoms with Gasteiger partial charge in [-0.05, 0) is 62.0 Å². The van der Waals surface area contributed by atoms with Gasteiger partial charge in [-0.2, -0.15) is 0 Å². The molecular weight excluding hydrogens is 639 g/mol. The van der Waals surface area contributed by atoms with E-state index in [0.717, 1.165) is 44.2 Å². The Bertz CT molecular complexity index is 2920. The predicted molar refractivity (Wildman–Crippen MR) is 215 cm³/mol. The van der Waals surface area contributed by atoms with Gasteiger partial charge in [0.15, 0.2) is 17.5 Å². The molecule has 0 fully saturated rings. The number of benzene rings is 8. The molecule has 0 atom stereocenters. The van der Waals surface area contributed by atoms with Crippen molar-refractivity contribution >= 4 is 53.1 Å². The highest BCUT2D eigenvalue weighted by Gasteiger charge is 2.20. The number of fused-ring (bicyclic) bond motifs is 5. The molecule has 0 saturated heterocycles. The second kappa shape index (κ2) is 12.1. The first-order chi connectivity index (χ1) is 25.3. The zero-order valence-corrected chi connectivity index (χ0v) is 28.3. The van der Waals surface area contributed by atoms with E-state index in [0.29, 0.717) is 17.5 Å². The topological polar surface area (TPSA) is 38.7 Å². The summed E-state index contributed by atoms with van der Waals surface area (Å²) in [5, 5.41) is 7.13. The van der Waals surface area contributed by atoms with E-state index >= 15 is 0 Å². The Kier molecular flexibility index (Phi) is 7.00. The highest BCUT2D eigenvalue weighted by atomic mass is 32.1. The van der Waals surface area contributed by atoms with Gasteiger partial charge in [0, 0.05) is 36.9 Å². The van der Waals surface area contributed by atoms with Crippen LogP contribution in [0, 0.1) is 0 Å². The van der Waals surface area contributed by atoms with Crippen molar-refractivity contribution in [1.82, 2.24) is 15.0 Å². The first kappa shape index (κ1) is 29.4. The van der Waals surface area contributed by atoms with Crippen LogP contribution in [0.25, 0.3) is 98.1 Å². The zero-order chi connectivity index (χ0) is 33.7. The molecule has 0 saturated carbocycles. The van der Waals surface area contributed by atoms with Crippen molar-refractivity contribution in [1.29, 1.82) is 0 Å². The fraction of sp³-hybridized carbons (Fsp3) is 0. The third-order valence-electron chi connectivity index (χ3n) is 9.74. The van der Waals surface area contributed by atoms with E-state index in [9.17, 15) is 0 Å². The molecule has 0 aliphatic rings. The van der Waals surface area contributed by atoms with Crippen LogP contribution in [0.1, 0.15) is 0 Å². The van der Waals surface area contributed by atoms with Crippen LogP contribution < -0.4 is 0 Å². The minimum atomic E-state index is 0.641. The third-order valence-corrected chi connectivity index (χ3v) is 11.0. The molecule has 238 valence electrons. The summed E-state index contributed by atoms with van der Waals surface area (Å²) < 4.78 is 2.42. The fourth-order valence-corrected chi connectivity index (χ4v) is 8.55. The molecule has 8 aromatic carbocycles. The van der Waals surface area contributed by atoms with Gasteiger partial charge in [-0.3, -0.25) is 0 Å². The van der Waals surface area contributed by atoms with Gasteiger partial charge in [0.2, 0.25) is 0 Å². The van der Waals surface area contributed by atoms with Gasteiger partial charge in [0.1, 0.15) is 0 Å². The molecule has 51 heavy (non-hydrogen) atoms. The molecule has 0 aliphatic carbocycles. The predicted octanol–water partition coefficient (Wildman–Crippen LogP) is 12.9. The van der Waals surface area contributed by atoms with Crippen molar-refractivity contribution in [3.63, 3.8) is 0 Å². The SMILES string of the molecule is c1ccc(-c2ccc3ccccc3c2-c2nc(-c3cccc(-c4cccc5ccccc45)c3)nc(-c3cccc4c3sc3ccccc34)n2)cc1. The Morgan fingerprint density at radius 2 is 0.922 bits per heavy atom. The van der Waals surface area contributed by atoms with E-state index in [4.69, 9.17) is 15.0 Å². The van der Waals surface area contributed by atoms with E-state index in [-0.39, 0.29) is 0 Å². The van der Waals surface area contributed by atoms with E-state index in [1.165, 1.54) is 36.5 Å². The van der Waals surface area contributed by atoms with Gasteiger partial charge in [0.25, 0.3) is 0 Å². The lowest BCUT2D eigenvalue weighted by Crippen LogP contribution is -2.02. The van der Waals surface area contributed by atoms with Crippen LogP contribution in [0.2, 0.25) is 0 Å². The van der Waals surface area contributed by atoms with Crippen molar-refractivity contribution in [2.75, 3.05) is 0 Å². The van der Waals surface area contributed by atoms with Gasteiger partial charge >= 0.3 is 0 Å². The standard InChI is InChI=1S/C47H29N3S/c1-2-13-31(14-3-1)38-28-27-32-16-5-7-21-37(32)43(38)47-49-45(34-19-10-18-33(29-34)36-23-11-17-30-15-4-6-20-35(30)36)48-46(50-47)41-25-12-24-40-39-22-8-9-26-42(39)51-44(40)41/h1-29H. The normalized spacial score (nSPS) is 11.5. The maximum Gasteiger partial charge on any atom is 0.165 e. The van der Waals surface area contributed by atoms with Crippen molar-refractivity contribution < 1.29 is 0 Å².